The van der Waals surface area contributed by atoms with Crippen LogP contribution < -0.4 is 11.1 Å². The van der Waals surface area contributed by atoms with Gasteiger partial charge in [0.1, 0.15) is 23.3 Å². The summed E-state index contributed by atoms with van der Waals surface area (Å²) < 4.78 is 15.5. The molecular formula is C21H19BrFN5O. The molecule has 1 aromatic heterocycles. The van der Waals surface area contributed by atoms with Crippen molar-refractivity contribution in [3.8, 4) is 11.8 Å². The third-order valence-electron chi connectivity index (χ3n) is 4.37. The number of carbonyl (C=O) groups excluding carboxylic acids is 1. The van der Waals surface area contributed by atoms with Crippen molar-refractivity contribution >= 4 is 27.7 Å². The van der Waals surface area contributed by atoms with Gasteiger partial charge in [0.05, 0.1) is 17.8 Å². The van der Waals surface area contributed by atoms with Crippen LogP contribution in [0.3, 0.4) is 0 Å². The first-order valence-electron chi connectivity index (χ1n) is 9.02. The molecule has 6 nitrogen and oxygen atoms in total. The number of halogens is 2. The lowest BCUT2D eigenvalue weighted by Crippen LogP contribution is -2.26. The molecule has 0 radical (unpaired) electrons. The molecule has 0 fully saturated rings. The van der Waals surface area contributed by atoms with E-state index in [4.69, 9.17) is 5.73 Å². The normalized spacial score (nSPS) is 10.5. The Kier molecular flexibility index (Phi) is 6.62. The van der Waals surface area contributed by atoms with E-state index in [1.807, 2.05) is 24.3 Å². The number of carbonyl (C=O) groups is 1. The Morgan fingerprint density at radius 1 is 1.21 bits per heavy atom. The van der Waals surface area contributed by atoms with Gasteiger partial charge in [0.2, 0.25) is 5.91 Å². The molecule has 0 atom stereocenters. The van der Waals surface area contributed by atoms with Crippen molar-refractivity contribution in [1.29, 1.82) is 5.26 Å². The number of hydrogen-bond donors (Lipinski definition) is 2. The van der Waals surface area contributed by atoms with Crippen LogP contribution in [0.25, 0.3) is 5.69 Å². The van der Waals surface area contributed by atoms with Crippen molar-refractivity contribution in [3.63, 3.8) is 0 Å². The first-order chi connectivity index (χ1) is 14.0. The Balaban J connectivity index is 1.57. The van der Waals surface area contributed by atoms with Gasteiger partial charge in [-0.1, -0.05) is 28.1 Å². The zero-order chi connectivity index (χ0) is 20.8. The van der Waals surface area contributed by atoms with E-state index in [2.05, 4.69) is 32.4 Å². The maximum absolute atomic E-state index is 13.1. The number of aromatic nitrogens is 2. The summed E-state index contributed by atoms with van der Waals surface area (Å²) in [5.41, 5.74) is 8.41. The highest BCUT2D eigenvalue weighted by Gasteiger charge is 2.16. The first kappa shape index (κ1) is 20.6. The lowest BCUT2D eigenvalue weighted by Gasteiger charge is -2.05. The molecular weight excluding hydrogens is 437 g/mol. The van der Waals surface area contributed by atoms with Gasteiger partial charge in [-0.3, -0.25) is 4.79 Å². The molecule has 2 aromatic carbocycles. The molecule has 3 N–H and O–H groups in total. The third-order valence-corrected chi connectivity index (χ3v) is 4.90. The molecule has 8 heteroatoms. The van der Waals surface area contributed by atoms with Gasteiger partial charge in [-0.2, -0.15) is 10.4 Å². The molecule has 148 valence electrons. The van der Waals surface area contributed by atoms with E-state index in [1.165, 1.54) is 16.8 Å². The van der Waals surface area contributed by atoms with Crippen LogP contribution >= 0.6 is 15.9 Å². The Morgan fingerprint density at radius 2 is 1.90 bits per heavy atom. The number of nitrogens with one attached hydrogen (secondary N) is 1. The molecule has 3 aromatic rings. The van der Waals surface area contributed by atoms with E-state index in [-0.39, 0.29) is 17.5 Å². The summed E-state index contributed by atoms with van der Waals surface area (Å²) in [5.74, 6) is -0.211. The smallest absolute Gasteiger partial charge is 0.224 e. The van der Waals surface area contributed by atoms with E-state index in [0.29, 0.717) is 42.8 Å². The van der Waals surface area contributed by atoms with Crippen molar-refractivity contribution in [3.05, 3.63) is 75.6 Å². The minimum Gasteiger partial charge on any atom is -0.382 e. The predicted octanol–water partition coefficient (Wildman–Crippen LogP) is 3.52. The van der Waals surface area contributed by atoms with E-state index in [0.717, 1.165) is 10.0 Å². The van der Waals surface area contributed by atoms with Crippen molar-refractivity contribution in [2.45, 2.75) is 19.3 Å². The number of benzene rings is 2. The molecule has 0 saturated carbocycles. The summed E-state index contributed by atoms with van der Waals surface area (Å²) in [6.07, 6.45) is 1.41. The van der Waals surface area contributed by atoms with Gasteiger partial charge in [-0.05, 0) is 54.8 Å². The van der Waals surface area contributed by atoms with Crippen molar-refractivity contribution in [1.82, 2.24) is 15.1 Å². The number of nitrogen functional groups attached to an aromatic ring is 1. The first-order valence-corrected chi connectivity index (χ1v) is 9.82. The zero-order valence-electron chi connectivity index (χ0n) is 15.5. The molecule has 29 heavy (non-hydrogen) atoms. The molecule has 0 aliphatic heterocycles. The quantitative estimate of drug-likeness (QED) is 0.532. The molecule has 0 aliphatic carbocycles. The van der Waals surface area contributed by atoms with Crippen molar-refractivity contribution in [2.24, 2.45) is 0 Å². The third kappa shape index (κ3) is 5.21. The highest BCUT2D eigenvalue weighted by atomic mass is 79.9. The van der Waals surface area contributed by atoms with Gasteiger partial charge < -0.3 is 11.1 Å². The summed E-state index contributed by atoms with van der Waals surface area (Å²) in [7, 11) is 0. The van der Waals surface area contributed by atoms with Gasteiger partial charge in [0.15, 0.2) is 0 Å². The van der Waals surface area contributed by atoms with Crippen LogP contribution in [-0.2, 0) is 17.6 Å². The zero-order valence-corrected chi connectivity index (χ0v) is 17.1. The number of rotatable bonds is 7. The van der Waals surface area contributed by atoms with Crippen LogP contribution in [0.5, 0.6) is 0 Å². The summed E-state index contributed by atoms with van der Waals surface area (Å²) in [5, 5.41) is 16.7. The Bertz CT molecular complexity index is 1040. The number of nitrogens with zero attached hydrogens (tertiary/aromatic N) is 3. The second kappa shape index (κ2) is 9.34. The molecule has 1 heterocycles. The average Bonchev–Trinajstić information content (AvgIpc) is 3.03. The second-order valence-corrected chi connectivity index (χ2v) is 7.38. The van der Waals surface area contributed by atoms with Crippen LogP contribution in [0.2, 0.25) is 0 Å². The molecule has 0 bridgehead atoms. The number of nitrogens with two attached hydrogens (primary N) is 1. The Labute approximate surface area is 176 Å². The van der Waals surface area contributed by atoms with Gasteiger partial charge >= 0.3 is 0 Å². The number of aryl methyl sites for hydroxylation is 1. The van der Waals surface area contributed by atoms with E-state index in [1.54, 1.807) is 12.1 Å². The molecule has 3 rings (SSSR count). The summed E-state index contributed by atoms with van der Waals surface area (Å²) in [4.78, 5) is 12.1. The molecule has 0 aliphatic rings. The fourth-order valence-corrected chi connectivity index (χ4v) is 3.15. The fourth-order valence-electron chi connectivity index (χ4n) is 2.89. The summed E-state index contributed by atoms with van der Waals surface area (Å²) >= 11 is 3.36. The Hall–Kier alpha value is -3.18. The lowest BCUT2D eigenvalue weighted by atomic mass is 10.1. The number of amides is 1. The Morgan fingerprint density at radius 3 is 2.55 bits per heavy atom. The number of hydrogen-bond acceptors (Lipinski definition) is 4. The molecule has 0 spiro atoms. The van der Waals surface area contributed by atoms with Crippen LogP contribution in [0.1, 0.15) is 23.2 Å². The summed E-state index contributed by atoms with van der Waals surface area (Å²) in [6.45, 7) is 0.462. The van der Waals surface area contributed by atoms with Crippen molar-refractivity contribution < 1.29 is 9.18 Å². The van der Waals surface area contributed by atoms with Crippen LogP contribution in [0.4, 0.5) is 10.2 Å². The minimum atomic E-state index is -0.362. The van der Waals surface area contributed by atoms with Crippen LogP contribution in [-0.4, -0.2) is 22.2 Å². The van der Waals surface area contributed by atoms with Crippen LogP contribution in [0.15, 0.2) is 53.0 Å². The maximum atomic E-state index is 13.1. The van der Waals surface area contributed by atoms with E-state index >= 15 is 0 Å². The van der Waals surface area contributed by atoms with Gasteiger partial charge in [0.25, 0.3) is 0 Å². The SMILES string of the molecule is N#Cc1c(CCCNC(=O)Cc2ccc(Br)cc2)nn(-c2ccc(F)cc2)c1N. The second-order valence-electron chi connectivity index (χ2n) is 6.46. The van der Waals surface area contributed by atoms with Gasteiger partial charge in [0, 0.05) is 11.0 Å². The van der Waals surface area contributed by atoms with E-state index in [9.17, 15) is 14.4 Å². The van der Waals surface area contributed by atoms with Crippen LogP contribution in [0, 0.1) is 17.1 Å². The molecule has 0 saturated heterocycles. The maximum Gasteiger partial charge on any atom is 0.224 e. The van der Waals surface area contributed by atoms with Crippen molar-refractivity contribution in [2.75, 3.05) is 12.3 Å². The highest BCUT2D eigenvalue weighted by molar-refractivity contribution is 9.10. The fraction of sp³-hybridized carbons (Fsp3) is 0.190. The molecule has 1 amide bonds. The standard InChI is InChI=1S/C21H19BrFN5O/c22-15-5-3-14(4-6-15)12-20(29)26-11-1-2-19-18(13-24)21(25)28(27-19)17-9-7-16(23)8-10-17/h3-10H,1-2,11-12,25H2,(H,26,29). The molecule has 0 unspecified atom stereocenters. The van der Waals surface area contributed by atoms with E-state index < -0.39 is 0 Å². The van der Waals surface area contributed by atoms with Gasteiger partial charge in [-0.25, -0.2) is 9.07 Å². The predicted molar refractivity (Wildman–Crippen MR) is 112 cm³/mol. The largest absolute Gasteiger partial charge is 0.382 e. The number of nitriles is 1. The highest BCUT2D eigenvalue weighted by Crippen LogP contribution is 2.21. The average molecular weight is 456 g/mol. The lowest BCUT2D eigenvalue weighted by molar-refractivity contribution is -0.120. The number of anilines is 1. The van der Waals surface area contributed by atoms with Gasteiger partial charge in [-0.15, -0.1) is 0 Å². The minimum absolute atomic E-state index is 0.0656. The monoisotopic (exact) mass is 455 g/mol. The summed E-state index contributed by atoms with van der Waals surface area (Å²) in [6, 6.07) is 15.4. The topological polar surface area (TPSA) is 96.7 Å².